The zero-order valence-corrected chi connectivity index (χ0v) is 18.2. The van der Waals surface area contributed by atoms with Gasteiger partial charge in [-0.2, -0.15) is 0 Å². The number of aliphatic carboxylic acids is 1. The second kappa shape index (κ2) is 9.67. The van der Waals surface area contributed by atoms with E-state index in [1.807, 2.05) is 17.0 Å². The highest BCUT2D eigenvalue weighted by atomic mass is 16.4. The van der Waals surface area contributed by atoms with E-state index in [-0.39, 0.29) is 29.6 Å². The first-order valence-corrected chi connectivity index (χ1v) is 11.5. The Labute approximate surface area is 187 Å². The van der Waals surface area contributed by atoms with Gasteiger partial charge in [-0.3, -0.25) is 24.5 Å². The first kappa shape index (κ1) is 22.2. The smallest absolute Gasteiger partial charge is 0.306 e. The normalized spacial score (nSPS) is 23.2. The fourth-order valence-corrected chi connectivity index (χ4v) is 4.92. The third-order valence-electron chi connectivity index (χ3n) is 7.01. The molecule has 3 fully saturated rings. The lowest BCUT2D eigenvalue weighted by Crippen LogP contribution is -2.42. The van der Waals surface area contributed by atoms with Gasteiger partial charge in [-0.05, 0) is 49.7 Å². The van der Waals surface area contributed by atoms with Gasteiger partial charge in [0.15, 0.2) is 0 Å². The van der Waals surface area contributed by atoms with Crippen LogP contribution in [0.1, 0.15) is 56.4 Å². The highest BCUT2D eigenvalue weighted by Gasteiger charge is 2.30. The zero-order chi connectivity index (χ0) is 22.7. The van der Waals surface area contributed by atoms with Gasteiger partial charge in [-0.15, -0.1) is 0 Å². The van der Waals surface area contributed by atoms with Crippen molar-refractivity contribution in [1.82, 2.24) is 15.2 Å². The van der Waals surface area contributed by atoms with E-state index < -0.39 is 5.97 Å². The number of nitrogens with zero attached hydrogens (tertiary/aromatic N) is 3. The number of anilines is 1. The molecule has 0 bridgehead atoms. The molecule has 0 radical (unpaired) electrons. The van der Waals surface area contributed by atoms with Gasteiger partial charge in [0.2, 0.25) is 17.7 Å². The first-order chi connectivity index (χ1) is 15.4. The van der Waals surface area contributed by atoms with Crippen LogP contribution in [0.15, 0.2) is 18.3 Å². The number of amides is 3. The van der Waals surface area contributed by atoms with Crippen LogP contribution >= 0.6 is 0 Å². The van der Waals surface area contributed by atoms with Gasteiger partial charge in [0.25, 0.3) is 0 Å². The number of carboxylic acids is 1. The molecule has 172 valence electrons. The number of nitrogens with one attached hydrogen (secondary N) is 1. The van der Waals surface area contributed by atoms with Gasteiger partial charge >= 0.3 is 5.97 Å². The highest BCUT2D eigenvalue weighted by molar-refractivity contribution is 6.00. The van der Waals surface area contributed by atoms with Crippen molar-refractivity contribution >= 4 is 29.5 Å². The minimum Gasteiger partial charge on any atom is -0.481 e. The van der Waals surface area contributed by atoms with E-state index >= 15 is 0 Å². The number of hydrogen-bond acceptors (Lipinski definition) is 6. The summed E-state index contributed by atoms with van der Waals surface area (Å²) in [6.07, 6.45) is 6.02. The molecule has 3 aliphatic rings. The van der Waals surface area contributed by atoms with Crippen molar-refractivity contribution in [3.05, 3.63) is 23.9 Å². The largest absolute Gasteiger partial charge is 0.481 e. The Balaban J connectivity index is 1.24. The van der Waals surface area contributed by atoms with Crippen molar-refractivity contribution in [3.63, 3.8) is 0 Å². The Morgan fingerprint density at radius 3 is 2.34 bits per heavy atom. The molecule has 4 heterocycles. The third-order valence-corrected chi connectivity index (χ3v) is 7.01. The predicted octanol–water partition coefficient (Wildman–Crippen LogP) is 1.53. The lowest BCUT2D eigenvalue weighted by atomic mass is 9.91. The van der Waals surface area contributed by atoms with Crippen LogP contribution in [0.5, 0.6) is 0 Å². The summed E-state index contributed by atoms with van der Waals surface area (Å²) in [6.45, 7) is 2.73. The maximum absolute atomic E-state index is 12.6. The van der Waals surface area contributed by atoms with E-state index in [0.29, 0.717) is 51.1 Å². The number of carboxylic acid groups (broad SMARTS) is 1. The summed E-state index contributed by atoms with van der Waals surface area (Å²) in [7, 11) is 0. The Bertz CT molecular complexity index is 871. The molecular formula is C23H30N4O5. The molecule has 9 nitrogen and oxygen atoms in total. The maximum atomic E-state index is 12.6. The summed E-state index contributed by atoms with van der Waals surface area (Å²) >= 11 is 0. The van der Waals surface area contributed by atoms with Crippen molar-refractivity contribution in [1.29, 1.82) is 0 Å². The fourth-order valence-electron chi connectivity index (χ4n) is 4.92. The molecule has 9 heteroatoms. The minimum atomic E-state index is -0.761. The summed E-state index contributed by atoms with van der Waals surface area (Å²) in [4.78, 5) is 55.7. The highest BCUT2D eigenvalue weighted by Crippen LogP contribution is 2.28. The quantitative estimate of drug-likeness (QED) is 0.664. The number of piperidine rings is 3. The van der Waals surface area contributed by atoms with E-state index in [0.717, 1.165) is 37.3 Å². The molecule has 1 atom stereocenters. The summed E-state index contributed by atoms with van der Waals surface area (Å²) in [5.41, 5.74) is 0.825. The van der Waals surface area contributed by atoms with Gasteiger partial charge in [0.05, 0.1) is 11.8 Å². The Morgan fingerprint density at radius 1 is 1.03 bits per heavy atom. The second-order valence-corrected chi connectivity index (χ2v) is 9.08. The molecule has 4 rings (SSSR count). The summed E-state index contributed by atoms with van der Waals surface area (Å²) < 4.78 is 0. The zero-order valence-electron chi connectivity index (χ0n) is 18.2. The second-order valence-electron chi connectivity index (χ2n) is 9.08. The summed E-state index contributed by atoms with van der Waals surface area (Å²) in [5, 5.41) is 11.5. The average Bonchev–Trinajstić information content (AvgIpc) is 2.80. The molecule has 3 amide bonds. The van der Waals surface area contributed by atoms with Gasteiger partial charge in [-0.25, -0.2) is 4.98 Å². The van der Waals surface area contributed by atoms with Crippen LogP contribution < -0.4 is 10.2 Å². The molecule has 0 aliphatic carbocycles. The number of pyridine rings is 1. The molecule has 1 aromatic rings. The minimum absolute atomic E-state index is 0.138. The van der Waals surface area contributed by atoms with Gasteiger partial charge in [0, 0.05) is 45.2 Å². The molecule has 3 saturated heterocycles. The number of likely N-dealkylation sites (tertiary alicyclic amines) is 1. The standard InChI is InChI=1S/C23H30N4O5/c28-20-4-2-18(22(30)25-20)17-1-3-19(24-14-17)26-9-5-15(6-10-26)13-21(29)27-11-7-16(8-12-27)23(31)32/h1,3,14-16,18H,2,4-13H2,(H,31,32)(H,25,28,30). The maximum Gasteiger partial charge on any atom is 0.306 e. The predicted molar refractivity (Wildman–Crippen MR) is 116 cm³/mol. The monoisotopic (exact) mass is 442 g/mol. The van der Waals surface area contributed by atoms with E-state index in [9.17, 15) is 19.2 Å². The van der Waals surface area contributed by atoms with Gasteiger partial charge in [0.1, 0.15) is 5.82 Å². The van der Waals surface area contributed by atoms with Crippen LogP contribution in [-0.4, -0.2) is 64.9 Å². The van der Waals surface area contributed by atoms with Crippen LogP contribution in [-0.2, 0) is 19.2 Å². The molecule has 1 aromatic heterocycles. The topological polar surface area (TPSA) is 120 Å². The van der Waals surface area contributed by atoms with E-state index in [4.69, 9.17) is 5.11 Å². The number of imide groups is 1. The fraction of sp³-hybridized carbons (Fsp3) is 0.609. The van der Waals surface area contributed by atoms with Crippen LogP contribution in [0, 0.1) is 11.8 Å². The number of carbonyl (C=O) groups is 4. The first-order valence-electron chi connectivity index (χ1n) is 11.5. The average molecular weight is 443 g/mol. The third kappa shape index (κ3) is 5.08. The SMILES string of the molecule is O=C1CCC(c2ccc(N3CCC(CC(=O)N4CCC(C(=O)O)CC4)CC3)nc2)C(=O)N1. The number of hydrogen-bond donors (Lipinski definition) is 2. The Morgan fingerprint density at radius 2 is 1.75 bits per heavy atom. The lowest BCUT2D eigenvalue weighted by molar-refractivity contribution is -0.146. The molecule has 32 heavy (non-hydrogen) atoms. The van der Waals surface area contributed by atoms with Gasteiger partial charge < -0.3 is 14.9 Å². The molecule has 3 aliphatic heterocycles. The van der Waals surface area contributed by atoms with Crippen molar-refractivity contribution in [2.45, 2.75) is 50.9 Å². The molecule has 0 saturated carbocycles. The van der Waals surface area contributed by atoms with Crippen molar-refractivity contribution in [2.75, 3.05) is 31.1 Å². The number of rotatable bonds is 5. The van der Waals surface area contributed by atoms with E-state index in [2.05, 4.69) is 15.2 Å². The van der Waals surface area contributed by atoms with E-state index in [1.54, 1.807) is 6.20 Å². The van der Waals surface area contributed by atoms with Crippen LogP contribution in [0.4, 0.5) is 5.82 Å². The molecule has 2 N–H and O–H groups in total. The van der Waals surface area contributed by atoms with E-state index in [1.165, 1.54) is 0 Å². The van der Waals surface area contributed by atoms with Crippen LogP contribution in [0.3, 0.4) is 0 Å². The number of carbonyl (C=O) groups excluding carboxylic acids is 3. The summed E-state index contributed by atoms with van der Waals surface area (Å²) in [5.74, 6) is -0.555. The van der Waals surface area contributed by atoms with Crippen LogP contribution in [0.2, 0.25) is 0 Å². The van der Waals surface area contributed by atoms with Crippen molar-refractivity contribution in [3.8, 4) is 0 Å². The van der Waals surface area contributed by atoms with Gasteiger partial charge in [-0.1, -0.05) is 6.07 Å². The van der Waals surface area contributed by atoms with Crippen LogP contribution in [0.25, 0.3) is 0 Å². The Hall–Kier alpha value is -2.97. The Kier molecular flexibility index (Phi) is 6.72. The van der Waals surface area contributed by atoms with Crippen molar-refractivity contribution < 1.29 is 24.3 Å². The molecule has 0 aromatic carbocycles. The number of aromatic nitrogens is 1. The lowest BCUT2D eigenvalue weighted by Gasteiger charge is -2.35. The molecule has 0 spiro atoms. The molecule has 1 unspecified atom stereocenters. The molecular weight excluding hydrogens is 412 g/mol. The van der Waals surface area contributed by atoms with Crippen molar-refractivity contribution in [2.24, 2.45) is 11.8 Å². The summed E-state index contributed by atoms with van der Waals surface area (Å²) in [6, 6.07) is 3.84.